The van der Waals surface area contributed by atoms with Gasteiger partial charge in [-0.15, -0.1) is 5.54 Å². The average molecular weight is 246 g/mol. The van der Waals surface area contributed by atoms with Gasteiger partial charge in [-0.3, -0.25) is 4.79 Å². The molecule has 0 fully saturated rings. The summed E-state index contributed by atoms with van der Waals surface area (Å²) in [6.45, 7) is 8.32. The highest BCUT2D eigenvalue weighted by atomic mass is 28.3. The Hall–Kier alpha value is -1.53. The van der Waals surface area contributed by atoms with Gasteiger partial charge in [-0.2, -0.15) is 0 Å². The molecule has 0 heterocycles. The van der Waals surface area contributed by atoms with E-state index in [4.69, 9.17) is 4.74 Å². The maximum atomic E-state index is 10.8. The van der Waals surface area contributed by atoms with E-state index in [1.165, 1.54) is 6.92 Å². The second kappa shape index (κ2) is 5.69. The summed E-state index contributed by atoms with van der Waals surface area (Å²) in [5.74, 6) is 2.93. The summed E-state index contributed by atoms with van der Waals surface area (Å²) in [7, 11) is -1.38. The topological polar surface area (TPSA) is 26.3 Å². The van der Waals surface area contributed by atoms with Crippen molar-refractivity contribution in [2.45, 2.75) is 33.2 Å². The van der Waals surface area contributed by atoms with Crippen LogP contribution in [0.4, 0.5) is 0 Å². The maximum Gasteiger partial charge on any atom is 0.302 e. The lowest BCUT2D eigenvalue weighted by molar-refractivity contribution is -0.142. The molecule has 0 unspecified atom stereocenters. The Kier molecular flexibility index (Phi) is 4.53. The molecule has 0 atom stereocenters. The van der Waals surface area contributed by atoms with E-state index >= 15 is 0 Å². The largest absolute Gasteiger partial charge is 0.461 e. The van der Waals surface area contributed by atoms with Crippen molar-refractivity contribution in [3.8, 4) is 11.5 Å². The van der Waals surface area contributed by atoms with Crippen molar-refractivity contribution >= 4 is 14.0 Å². The van der Waals surface area contributed by atoms with Crippen LogP contribution < -0.4 is 0 Å². The van der Waals surface area contributed by atoms with Crippen molar-refractivity contribution in [2.24, 2.45) is 0 Å². The summed E-state index contributed by atoms with van der Waals surface area (Å²) in [5.41, 5.74) is 5.24. The summed E-state index contributed by atoms with van der Waals surface area (Å²) in [5, 5.41) is 0. The van der Waals surface area contributed by atoms with E-state index in [-0.39, 0.29) is 5.97 Å². The predicted octanol–water partition coefficient (Wildman–Crippen LogP) is 2.98. The first-order valence-electron chi connectivity index (χ1n) is 5.63. The Bertz CT molecular complexity index is 461. The van der Waals surface area contributed by atoms with Gasteiger partial charge in [-0.25, -0.2) is 0 Å². The van der Waals surface area contributed by atoms with Gasteiger partial charge in [0.05, 0.1) is 0 Å². The summed E-state index contributed by atoms with van der Waals surface area (Å²) >= 11 is 0. The zero-order valence-corrected chi connectivity index (χ0v) is 11.8. The predicted molar refractivity (Wildman–Crippen MR) is 72.1 cm³/mol. The van der Waals surface area contributed by atoms with Crippen LogP contribution in [0.2, 0.25) is 19.6 Å². The van der Waals surface area contributed by atoms with E-state index in [1.807, 2.05) is 24.3 Å². The molecule has 3 heteroatoms. The molecule has 0 saturated heterocycles. The minimum Gasteiger partial charge on any atom is -0.461 e. The van der Waals surface area contributed by atoms with E-state index in [0.29, 0.717) is 6.61 Å². The molecule has 1 aromatic carbocycles. The maximum absolute atomic E-state index is 10.8. The molecule has 1 aromatic rings. The van der Waals surface area contributed by atoms with Crippen molar-refractivity contribution < 1.29 is 9.53 Å². The highest BCUT2D eigenvalue weighted by molar-refractivity contribution is 6.83. The van der Waals surface area contributed by atoms with Crippen LogP contribution in [0.1, 0.15) is 18.1 Å². The number of ether oxygens (including phenoxy) is 1. The summed E-state index contributed by atoms with van der Waals surface area (Å²) < 4.78 is 5.01. The van der Waals surface area contributed by atoms with E-state index < -0.39 is 8.07 Å². The second-order valence-electron chi connectivity index (χ2n) is 4.94. The third-order valence-corrected chi connectivity index (χ3v) is 2.90. The van der Waals surface area contributed by atoms with E-state index in [0.717, 1.165) is 11.1 Å². The molecule has 0 aliphatic rings. The molecular weight excluding hydrogens is 228 g/mol. The fraction of sp³-hybridized carbons (Fsp3) is 0.357. The van der Waals surface area contributed by atoms with Crippen molar-refractivity contribution in [2.75, 3.05) is 0 Å². The van der Waals surface area contributed by atoms with Gasteiger partial charge < -0.3 is 4.74 Å². The number of esters is 1. The van der Waals surface area contributed by atoms with Gasteiger partial charge in [0, 0.05) is 18.1 Å². The third-order valence-electron chi connectivity index (χ3n) is 2.02. The Morgan fingerprint density at radius 3 is 2.53 bits per heavy atom. The standard InChI is InChI=1S/C14H18O2Si/c1-12(15)16-11-14-8-6-5-7-13(14)9-10-17(2,3)4/h5-8H,11H2,1-4H3. The van der Waals surface area contributed by atoms with E-state index in [2.05, 4.69) is 31.1 Å². The third kappa shape index (κ3) is 5.37. The number of hydrogen-bond acceptors (Lipinski definition) is 2. The van der Waals surface area contributed by atoms with Gasteiger partial charge in [-0.1, -0.05) is 43.8 Å². The zero-order valence-electron chi connectivity index (χ0n) is 10.8. The van der Waals surface area contributed by atoms with Gasteiger partial charge in [0.1, 0.15) is 14.7 Å². The van der Waals surface area contributed by atoms with Crippen molar-refractivity contribution in [1.29, 1.82) is 0 Å². The lowest BCUT2D eigenvalue weighted by Crippen LogP contribution is -2.16. The SMILES string of the molecule is CC(=O)OCc1ccccc1C#C[Si](C)(C)C. The molecule has 0 radical (unpaired) electrons. The number of rotatable bonds is 2. The molecule has 90 valence electrons. The van der Waals surface area contributed by atoms with Gasteiger partial charge in [0.15, 0.2) is 0 Å². The first-order valence-corrected chi connectivity index (χ1v) is 9.13. The quantitative estimate of drug-likeness (QED) is 0.455. The number of carbonyl (C=O) groups is 1. The van der Waals surface area contributed by atoms with E-state index in [1.54, 1.807) is 0 Å². The fourth-order valence-corrected chi connectivity index (χ4v) is 1.71. The minimum absolute atomic E-state index is 0.266. The molecule has 0 spiro atoms. The monoisotopic (exact) mass is 246 g/mol. The number of benzene rings is 1. The van der Waals surface area contributed by atoms with Crippen LogP contribution in [0.5, 0.6) is 0 Å². The molecule has 0 amide bonds. The van der Waals surface area contributed by atoms with Crippen molar-refractivity contribution in [3.63, 3.8) is 0 Å². The molecule has 17 heavy (non-hydrogen) atoms. The van der Waals surface area contributed by atoms with Crippen molar-refractivity contribution in [3.05, 3.63) is 35.4 Å². The van der Waals surface area contributed by atoms with Gasteiger partial charge >= 0.3 is 5.97 Å². The summed E-state index contributed by atoms with van der Waals surface area (Å²) in [6, 6.07) is 7.78. The first kappa shape index (κ1) is 13.5. The smallest absolute Gasteiger partial charge is 0.302 e. The van der Waals surface area contributed by atoms with Crippen LogP contribution in [0, 0.1) is 11.5 Å². The molecule has 0 saturated carbocycles. The van der Waals surface area contributed by atoms with Gasteiger partial charge in [-0.05, 0) is 6.07 Å². The molecule has 0 aromatic heterocycles. The van der Waals surface area contributed by atoms with Crippen LogP contribution in [0.3, 0.4) is 0 Å². The van der Waals surface area contributed by atoms with Crippen LogP contribution in [-0.2, 0) is 16.1 Å². The van der Waals surface area contributed by atoms with E-state index in [9.17, 15) is 4.79 Å². The minimum atomic E-state index is -1.38. The van der Waals surface area contributed by atoms with Crippen molar-refractivity contribution in [1.82, 2.24) is 0 Å². The zero-order chi connectivity index (χ0) is 12.9. The first-order chi connectivity index (χ1) is 7.88. The molecule has 0 aliphatic carbocycles. The average Bonchev–Trinajstić information content (AvgIpc) is 2.23. The number of carbonyl (C=O) groups excluding carboxylic acids is 1. The highest BCUT2D eigenvalue weighted by Gasteiger charge is 2.08. The van der Waals surface area contributed by atoms with Gasteiger partial charge in [0.2, 0.25) is 0 Å². The Morgan fingerprint density at radius 1 is 1.29 bits per heavy atom. The molecule has 2 nitrogen and oxygen atoms in total. The normalized spacial score (nSPS) is 10.4. The fourth-order valence-electron chi connectivity index (χ4n) is 1.20. The van der Waals surface area contributed by atoms with Crippen LogP contribution in [0.15, 0.2) is 24.3 Å². The Labute approximate surface area is 104 Å². The highest BCUT2D eigenvalue weighted by Crippen LogP contribution is 2.09. The summed E-state index contributed by atoms with van der Waals surface area (Å²) in [6.07, 6.45) is 0. The Balaban J connectivity index is 2.91. The lowest BCUT2D eigenvalue weighted by atomic mass is 10.1. The summed E-state index contributed by atoms with van der Waals surface area (Å²) in [4.78, 5) is 10.8. The second-order valence-corrected chi connectivity index (χ2v) is 9.69. The lowest BCUT2D eigenvalue weighted by Gasteiger charge is -2.06. The van der Waals surface area contributed by atoms with Gasteiger partial charge in [0.25, 0.3) is 0 Å². The van der Waals surface area contributed by atoms with Crippen LogP contribution in [-0.4, -0.2) is 14.0 Å². The molecule has 0 aliphatic heterocycles. The molecule has 1 rings (SSSR count). The van der Waals surface area contributed by atoms with Crippen LogP contribution in [0.25, 0.3) is 0 Å². The Morgan fingerprint density at radius 2 is 1.94 bits per heavy atom. The van der Waals surface area contributed by atoms with Crippen LogP contribution >= 0.6 is 0 Å². The molecule has 0 bridgehead atoms. The molecular formula is C14H18O2Si. The number of hydrogen-bond donors (Lipinski definition) is 0. The molecule has 0 N–H and O–H groups in total.